The van der Waals surface area contributed by atoms with Crippen molar-refractivity contribution in [2.75, 3.05) is 7.11 Å². The van der Waals surface area contributed by atoms with E-state index in [-0.39, 0.29) is 5.41 Å². The normalized spacial score (nSPS) is 28.5. The number of methoxy groups -OCH3 is 1. The Morgan fingerprint density at radius 3 is 2.18 bits per heavy atom. The van der Waals surface area contributed by atoms with Crippen molar-refractivity contribution in [2.45, 2.75) is 58.5 Å². The fourth-order valence-corrected chi connectivity index (χ4v) is 3.37. The molecule has 2 aliphatic rings. The summed E-state index contributed by atoms with van der Waals surface area (Å²) in [7, 11) is 1.35. The molecule has 0 aromatic carbocycles. The van der Waals surface area contributed by atoms with E-state index in [0.29, 0.717) is 11.3 Å². The minimum atomic E-state index is -0.904. The summed E-state index contributed by atoms with van der Waals surface area (Å²) >= 11 is 0. The molecule has 1 N–H and O–H groups in total. The molecule has 2 aliphatic carbocycles. The first-order chi connectivity index (χ1) is 7.91. The van der Waals surface area contributed by atoms with Crippen LogP contribution in [0.2, 0.25) is 0 Å². The zero-order valence-corrected chi connectivity index (χ0v) is 11.2. The number of hydrogen-bond donors (Lipinski definition) is 1. The lowest BCUT2D eigenvalue weighted by molar-refractivity contribution is -0.156. The average molecular weight is 240 g/mol. The second-order valence-electron chi connectivity index (χ2n) is 6.60. The van der Waals surface area contributed by atoms with Crippen molar-refractivity contribution >= 4 is 5.97 Å². The van der Waals surface area contributed by atoms with Gasteiger partial charge in [-0.15, -0.1) is 0 Å². The third-order valence-corrected chi connectivity index (χ3v) is 4.95. The molecule has 2 saturated carbocycles. The monoisotopic (exact) mass is 240 g/mol. The van der Waals surface area contributed by atoms with Gasteiger partial charge in [-0.05, 0) is 49.9 Å². The van der Waals surface area contributed by atoms with E-state index in [2.05, 4.69) is 18.6 Å². The van der Waals surface area contributed by atoms with Crippen LogP contribution in [0, 0.1) is 16.7 Å². The third kappa shape index (κ3) is 2.35. The average Bonchev–Trinajstić information content (AvgIpc) is 3.08. The van der Waals surface area contributed by atoms with Crippen LogP contribution in [-0.2, 0) is 9.53 Å². The highest BCUT2D eigenvalue weighted by atomic mass is 16.5. The van der Waals surface area contributed by atoms with Crippen LogP contribution in [0.5, 0.6) is 0 Å². The Balaban J connectivity index is 2.00. The van der Waals surface area contributed by atoms with Crippen LogP contribution in [0.25, 0.3) is 0 Å². The van der Waals surface area contributed by atoms with Gasteiger partial charge in [0.05, 0.1) is 7.11 Å². The van der Waals surface area contributed by atoms with E-state index in [1.165, 1.54) is 20.0 Å². The van der Waals surface area contributed by atoms with E-state index in [0.717, 1.165) is 25.7 Å². The first-order valence-electron chi connectivity index (χ1n) is 6.67. The van der Waals surface area contributed by atoms with E-state index >= 15 is 0 Å². The van der Waals surface area contributed by atoms with Crippen molar-refractivity contribution in [3.63, 3.8) is 0 Å². The Hall–Kier alpha value is -0.570. The van der Waals surface area contributed by atoms with Gasteiger partial charge in [-0.3, -0.25) is 0 Å². The van der Waals surface area contributed by atoms with Crippen LogP contribution >= 0.6 is 0 Å². The van der Waals surface area contributed by atoms with Gasteiger partial charge in [0.2, 0.25) is 0 Å². The smallest absolute Gasteiger partial charge is 0.335 e. The number of aliphatic hydroxyl groups is 1. The molecule has 0 saturated heterocycles. The molecule has 0 amide bonds. The topological polar surface area (TPSA) is 46.5 Å². The fraction of sp³-hybridized carbons (Fsp3) is 0.929. The maximum Gasteiger partial charge on any atom is 0.335 e. The maximum absolute atomic E-state index is 11.5. The lowest BCUT2D eigenvalue weighted by atomic mass is 9.67. The summed E-state index contributed by atoms with van der Waals surface area (Å²) in [5, 5.41) is 10.1. The highest BCUT2D eigenvalue weighted by Gasteiger charge is 2.57. The summed E-state index contributed by atoms with van der Waals surface area (Å²) in [6.07, 6.45) is 5.74. The first kappa shape index (κ1) is 12.9. The summed E-state index contributed by atoms with van der Waals surface area (Å²) in [6, 6.07) is 0. The van der Waals surface area contributed by atoms with Gasteiger partial charge < -0.3 is 9.84 Å². The maximum atomic E-state index is 11.5. The van der Waals surface area contributed by atoms with Crippen LogP contribution in [0.15, 0.2) is 0 Å². The molecule has 98 valence electrons. The number of hydrogen-bond acceptors (Lipinski definition) is 3. The number of carbonyl (C=O) groups excluding carboxylic acids is 1. The molecule has 0 heterocycles. The fourth-order valence-electron chi connectivity index (χ4n) is 3.37. The van der Waals surface area contributed by atoms with Gasteiger partial charge in [-0.1, -0.05) is 13.8 Å². The Morgan fingerprint density at radius 2 is 1.76 bits per heavy atom. The highest BCUT2D eigenvalue weighted by molar-refractivity contribution is 5.76. The number of rotatable bonds is 3. The van der Waals surface area contributed by atoms with Crippen molar-refractivity contribution in [1.29, 1.82) is 0 Å². The van der Waals surface area contributed by atoms with Crippen LogP contribution in [0.3, 0.4) is 0 Å². The van der Waals surface area contributed by atoms with E-state index < -0.39 is 12.1 Å². The quantitative estimate of drug-likeness (QED) is 0.771. The Morgan fingerprint density at radius 1 is 1.24 bits per heavy atom. The van der Waals surface area contributed by atoms with Gasteiger partial charge in [-0.25, -0.2) is 4.79 Å². The highest BCUT2D eigenvalue weighted by Crippen LogP contribution is 2.60. The molecule has 0 bridgehead atoms. The van der Waals surface area contributed by atoms with Gasteiger partial charge in [0.1, 0.15) is 0 Å². The van der Waals surface area contributed by atoms with Crippen LogP contribution in [-0.4, -0.2) is 24.3 Å². The number of carbonyl (C=O) groups is 1. The first-order valence-corrected chi connectivity index (χ1v) is 6.67. The molecule has 1 atom stereocenters. The SMILES string of the molecule is COC(=O)C(O)C1(C2CCC(C)(C)CC2)CC1. The number of esters is 1. The third-order valence-electron chi connectivity index (χ3n) is 4.95. The van der Waals surface area contributed by atoms with E-state index in [1.807, 2.05) is 0 Å². The molecule has 0 spiro atoms. The number of aliphatic hydroxyl groups excluding tert-OH is 1. The van der Waals surface area contributed by atoms with Gasteiger partial charge in [-0.2, -0.15) is 0 Å². The van der Waals surface area contributed by atoms with E-state index in [9.17, 15) is 9.90 Å². The predicted molar refractivity (Wildman–Crippen MR) is 65.4 cm³/mol. The zero-order chi connectivity index (χ0) is 12.7. The van der Waals surface area contributed by atoms with Crippen LogP contribution in [0.1, 0.15) is 52.4 Å². The summed E-state index contributed by atoms with van der Waals surface area (Å²) in [5.41, 5.74) is 0.284. The minimum Gasteiger partial charge on any atom is -0.467 e. The molecule has 0 aliphatic heterocycles. The molecule has 0 aromatic heterocycles. The molecule has 1 unspecified atom stereocenters. The molecule has 2 fully saturated rings. The Bertz CT molecular complexity index is 295. The summed E-state index contributed by atoms with van der Waals surface area (Å²) in [6.45, 7) is 4.61. The molecule has 17 heavy (non-hydrogen) atoms. The van der Waals surface area contributed by atoms with Crippen molar-refractivity contribution in [3.05, 3.63) is 0 Å². The van der Waals surface area contributed by atoms with Gasteiger partial charge in [0.15, 0.2) is 6.10 Å². The van der Waals surface area contributed by atoms with Crippen molar-refractivity contribution in [2.24, 2.45) is 16.7 Å². The van der Waals surface area contributed by atoms with Gasteiger partial charge in [0, 0.05) is 5.41 Å². The number of ether oxygens (including phenoxy) is 1. The van der Waals surface area contributed by atoms with Crippen molar-refractivity contribution in [1.82, 2.24) is 0 Å². The van der Waals surface area contributed by atoms with Crippen molar-refractivity contribution < 1.29 is 14.6 Å². The second kappa shape index (κ2) is 4.27. The van der Waals surface area contributed by atoms with Crippen LogP contribution < -0.4 is 0 Å². The predicted octanol–water partition coefficient (Wildman–Crippen LogP) is 2.52. The summed E-state index contributed by atoms with van der Waals surface area (Å²) in [4.78, 5) is 11.5. The molecule has 0 aromatic rings. The van der Waals surface area contributed by atoms with Gasteiger partial charge >= 0.3 is 5.97 Å². The summed E-state index contributed by atoms with van der Waals surface area (Å²) < 4.78 is 4.68. The zero-order valence-electron chi connectivity index (χ0n) is 11.2. The molecule has 0 radical (unpaired) electrons. The lowest BCUT2D eigenvalue weighted by Crippen LogP contribution is -2.39. The second-order valence-corrected chi connectivity index (χ2v) is 6.60. The molecule has 3 nitrogen and oxygen atoms in total. The van der Waals surface area contributed by atoms with Crippen LogP contribution in [0.4, 0.5) is 0 Å². The molecular weight excluding hydrogens is 216 g/mol. The lowest BCUT2D eigenvalue weighted by Gasteiger charge is -2.39. The largest absolute Gasteiger partial charge is 0.467 e. The Kier molecular flexibility index (Phi) is 3.23. The minimum absolute atomic E-state index is 0.149. The van der Waals surface area contributed by atoms with Crippen molar-refractivity contribution in [3.8, 4) is 0 Å². The van der Waals surface area contributed by atoms with E-state index in [4.69, 9.17) is 0 Å². The standard InChI is InChI=1S/C14H24O3/c1-13(2)6-4-10(5-7-13)14(8-9-14)11(15)12(16)17-3/h10-11,15H,4-9H2,1-3H3. The Labute approximate surface area is 104 Å². The molecule has 3 heteroatoms. The molecular formula is C14H24O3. The van der Waals surface area contributed by atoms with E-state index in [1.54, 1.807) is 0 Å². The molecule has 2 rings (SSSR count). The summed E-state index contributed by atoms with van der Waals surface area (Å²) in [5.74, 6) is 0.0527. The van der Waals surface area contributed by atoms with Gasteiger partial charge in [0.25, 0.3) is 0 Å².